The minimum absolute atomic E-state index is 0.573. The minimum Gasteiger partial charge on any atom is -0.309 e. The Balaban J connectivity index is 1.14. The van der Waals surface area contributed by atoms with Gasteiger partial charge in [-0.2, -0.15) is 9.97 Å². The molecule has 0 aliphatic heterocycles. The smallest absolute Gasteiger partial charge is 0.238 e. The van der Waals surface area contributed by atoms with Crippen molar-refractivity contribution in [3.8, 4) is 40.1 Å². The summed E-state index contributed by atoms with van der Waals surface area (Å²) in [7, 11) is 0. The molecule has 0 unspecified atom stereocenters. The van der Waals surface area contributed by atoms with E-state index in [1.165, 1.54) is 32.6 Å². The predicted octanol–water partition coefficient (Wildman–Crippen LogP) is 12.5. The van der Waals surface area contributed by atoms with Gasteiger partial charge in [0, 0.05) is 54.8 Å². The maximum Gasteiger partial charge on any atom is 0.238 e. The zero-order valence-electron chi connectivity index (χ0n) is 30.7. The molecule has 0 spiro atoms. The number of fused-ring (bicyclic) bond motifs is 9. The Kier molecular flexibility index (Phi) is 6.83. The molecule has 0 saturated heterocycles. The molecule has 0 aliphatic rings. The van der Waals surface area contributed by atoms with Crippen LogP contribution in [0.25, 0.3) is 106 Å². The zero-order chi connectivity index (χ0) is 37.5. The Bertz CT molecular complexity index is 3410. The highest BCUT2D eigenvalue weighted by molar-refractivity contribution is 6.19. The highest BCUT2D eigenvalue weighted by Crippen LogP contribution is 2.40. The molecule has 4 heterocycles. The Hall–Kier alpha value is -7.83. The number of benzene rings is 8. The molecule has 0 aliphatic carbocycles. The number of rotatable bonds is 5. The van der Waals surface area contributed by atoms with Gasteiger partial charge in [-0.25, -0.2) is 4.98 Å². The molecule has 0 radical (unpaired) electrons. The van der Waals surface area contributed by atoms with Crippen LogP contribution in [0.15, 0.2) is 194 Å². The average Bonchev–Trinajstić information content (AvgIpc) is 3.91. The van der Waals surface area contributed by atoms with E-state index in [0.717, 1.165) is 55.3 Å². The van der Waals surface area contributed by atoms with Crippen LogP contribution in [0.3, 0.4) is 0 Å². The molecule has 0 bridgehead atoms. The summed E-state index contributed by atoms with van der Waals surface area (Å²) in [5.74, 6) is 1.83. The van der Waals surface area contributed by atoms with Crippen molar-refractivity contribution in [2.75, 3.05) is 0 Å². The standard InChI is InChI=1S/C51H32N6/c1-3-16-33(17-4-1)49-52-50(34-18-5-2-6-19-34)54-51(53-49)57-46-29-14-10-25-40(46)42-31-41-39-24-9-13-28-45(39)56(47(41)32-48(42)57)36-21-15-20-35(30-36)55-43-26-11-7-22-37(43)38-23-8-12-27-44(38)55/h1-32H. The second-order valence-corrected chi connectivity index (χ2v) is 14.5. The van der Waals surface area contributed by atoms with Crippen molar-refractivity contribution < 1.29 is 0 Å². The third-order valence-electron chi connectivity index (χ3n) is 11.3. The third-order valence-corrected chi connectivity index (χ3v) is 11.3. The van der Waals surface area contributed by atoms with Gasteiger partial charge in [0.1, 0.15) is 0 Å². The van der Waals surface area contributed by atoms with Crippen LogP contribution in [0, 0.1) is 0 Å². The molecular formula is C51H32N6. The molecule has 12 rings (SSSR count). The number of aromatic nitrogens is 6. The number of para-hydroxylation sites is 4. The molecule has 4 aromatic heterocycles. The van der Waals surface area contributed by atoms with E-state index in [2.05, 4.69) is 171 Å². The summed E-state index contributed by atoms with van der Waals surface area (Å²) < 4.78 is 7.00. The predicted molar refractivity (Wildman–Crippen MR) is 234 cm³/mol. The van der Waals surface area contributed by atoms with Gasteiger partial charge in [-0.1, -0.05) is 140 Å². The van der Waals surface area contributed by atoms with Gasteiger partial charge in [0.25, 0.3) is 0 Å². The van der Waals surface area contributed by atoms with Crippen molar-refractivity contribution in [1.29, 1.82) is 0 Å². The summed E-state index contributed by atoms with van der Waals surface area (Å²) in [4.78, 5) is 15.4. The third kappa shape index (κ3) is 4.81. The van der Waals surface area contributed by atoms with E-state index < -0.39 is 0 Å². The lowest BCUT2D eigenvalue weighted by atomic mass is 10.1. The second kappa shape index (κ2) is 12.3. The first-order valence-corrected chi connectivity index (χ1v) is 19.2. The maximum absolute atomic E-state index is 5.20. The topological polar surface area (TPSA) is 53.5 Å². The summed E-state index contributed by atoms with van der Waals surface area (Å²) >= 11 is 0. The summed E-state index contributed by atoms with van der Waals surface area (Å²) in [6.45, 7) is 0. The molecule has 57 heavy (non-hydrogen) atoms. The Morgan fingerprint density at radius 3 is 1.14 bits per heavy atom. The van der Waals surface area contributed by atoms with Gasteiger partial charge in [0.05, 0.1) is 33.1 Å². The summed E-state index contributed by atoms with van der Waals surface area (Å²) in [6, 6.07) is 68.5. The first kappa shape index (κ1) is 31.5. The summed E-state index contributed by atoms with van der Waals surface area (Å²) in [5, 5.41) is 7.16. The van der Waals surface area contributed by atoms with Gasteiger partial charge in [0.2, 0.25) is 5.95 Å². The van der Waals surface area contributed by atoms with Gasteiger partial charge in [0.15, 0.2) is 11.6 Å². The van der Waals surface area contributed by atoms with Crippen LogP contribution in [0.2, 0.25) is 0 Å². The minimum atomic E-state index is 0.573. The van der Waals surface area contributed by atoms with Crippen LogP contribution in [-0.4, -0.2) is 28.7 Å². The van der Waals surface area contributed by atoms with Crippen LogP contribution >= 0.6 is 0 Å². The van der Waals surface area contributed by atoms with E-state index in [1.807, 2.05) is 36.4 Å². The van der Waals surface area contributed by atoms with Crippen LogP contribution in [0.5, 0.6) is 0 Å². The monoisotopic (exact) mass is 728 g/mol. The lowest BCUT2D eigenvalue weighted by Crippen LogP contribution is -2.06. The lowest BCUT2D eigenvalue weighted by molar-refractivity contribution is 0.953. The van der Waals surface area contributed by atoms with Crippen molar-refractivity contribution in [3.05, 3.63) is 194 Å². The molecule has 8 aromatic carbocycles. The first-order chi connectivity index (χ1) is 28.3. The molecule has 0 saturated carbocycles. The highest BCUT2D eigenvalue weighted by Gasteiger charge is 2.21. The second-order valence-electron chi connectivity index (χ2n) is 14.5. The first-order valence-electron chi connectivity index (χ1n) is 19.2. The van der Waals surface area contributed by atoms with E-state index in [1.54, 1.807) is 0 Å². The quantitative estimate of drug-likeness (QED) is 0.177. The lowest BCUT2D eigenvalue weighted by Gasteiger charge is -2.13. The highest BCUT2D eigenvalue weighted by atomic mass is 15.2. The molecule has 12 aromatic rings. The van der Waals surface area contributed by atoms with E-state index in [0.29, 0.717) is 17.6 Å². The van der Waals surface area contributed by atoms with Crippen LogP contribution < -0.4 is 0 Å². The fourth-order valence-electron chi connectivity index (χ4n) is 8.79. The van der Waals surface area contributed by atoms with Crippen molar-refractivity contribution in [2.24, 2.45) is 0 Å². The fraction of sp³-hybridized carbons (Fsp3) is 0. The number of nitrogens with zero attached hydrogens (tertiary/aromatic N) is 6. The molecule has 0 N–H and O–H groups in total. The summed E-state index contributed by atoms with van der Waals surface area (Å²) in [6.07, 6.45) is 0. The Morgan fingerprint density at radius 2 is 0.649 bits per heavy atom. The van der Waals surface area contributed by atoms with E-state index in [-0.39, 0.29) is 0 Å². The molecule has 0 fully saturated rings. The molecular weight excluding hydrogens is 697 g/mol. The van der Waals surface area contributed by atoms with E-state index >= 15 is 0 Å². The van der Waals surface area contributed by atoms with Crippen molar-refractivity contribution in [1.82, 2.24) is 28.7 Å². The maximum atomic E-state index is 5.20. The zero-order valence-corrected chi connectivity index (χ0v) is 30.7. The Morgan fingerprint density at radius 1 is 0.263 bits per heavy atom. The van der Waals surface area contributed by atoms with E-state index in [4.69, 9.17) is 15.0 Å². The molecule has 0 amide bonds. The molecule has 6 nitrogen and oxygen atoms in total. The van der Waals surface area contributed by atoms with Gasteiger partial charge in [-0.15, -0.1) is 0 Å². The fourth-order valence-corrected chi connectivity index (χ4v) is 8.79. The van der Waals surface area contributed by atoms with Crippen molar-refractivity contribution >= 4 is 65.4 Å². The van der Waals surface area contributed by atoms with Crippen molar-refractivity contribution in [2.45, 2.75) is 0 Å². The normalized spacial score (nSPS) is 11.9. The summed E-state index contributed by atoms with van der Waals surface area (Å²) in [5.41, 5.74) is 10.7. The van der Waals surface area contributed by atoms with Crippen molar-refractivity contribution in [3.63, 3.8) is 0 Å². The van der Waals surface area contributed by atoms with Gasteiger partial charge in [-0.05, 0) is 54.6 Å². The van der Waals surface area contributed by atoms with E-state index in [9.17, 15) is 0 Å². The largest absolute Gasteiger partial charge is 0.309 e. The number of hydrogen-bond acceptors (Lipinski definition) is 3. The average molecular weight is 729 g/mol. The molecule has 6 heteroatoms. The van der Waals surface area contributed by atoms with Gasteiger partial charge in [-0.3, -0.25) is 4.57 Å². The molecule has 266 valence electrons. The SMILES string of the molecule is c1ccc(-c2nc(-c3ccccc3)nc(-n3c4ccccc4c4cc5c6ccccc6n(-c6cccc(-n7c8ccccc8c8ccccc87)c6)c5cc43)n2)cc1. The van der Waals surface area contributed by atoms with Gasteiger partial charge < -0.3 is 9.13 Å². The van der Waals surface area contributed by atoms with Crippen LogP contribution in [-0.2, 0) is 0 Å². The Labute approximate surface area is 327 Å². The van der Waals surface area contributed by atoms with Gasteiger partial charge >= 0.3 is 0 Å². The molecule has 0 atom stereocenters. The number of hydrogen-bond donors (Lipinski definition) is 0. The van der Waals surface area contributed by atoms with Crippen LogP contribution in [0.4, 0.5) is 0 Å². The van der Waals surface area contributed by atoms with Crippen LogP contribution in [0.1, 0.15) is 0 Å².